The van der Waals surface area contributed by atoms with Crippen molar-refractivity contribution in [1.29, 1.82) is 0 Å². The lowest BCUT2D eigenvalue weighted by atomic mass is 10.1. The average Bonchev–Trinajstić information content (AvgIpc) is 2.44. The molecule has 20 heavy (non-hydrogen) atoms. The number of carbonyl (C=O) groups excluding carboxylic acids is 1. The second-order valence-corrected chi connectivity index (χ2v) is 5.11. The van der Waals surface area contributed by atoms with Crippen LogP contribution in [-0.4, -0.2) is 54.9 Å². The van der Waals surface area contributed by atoms with Crippen molar-refractivity contribution in [3.63, 3.8) is 0 Å². The van der Waals surface area contributed by atoms with Crippen molar-refractivity contribution < 1.29 is 13.6 Å². The van der Waals surface area contributed by atoms with Crippen LogP contribution in [0.15, 0.2) is 18.2 Å². The molecule has 0 amide bonds. The zero-order valence-corrected chi connectivity index (χ0v) is 11.7. The number of hydrogen-bond donors (Lipinski definition) is 0. The van der Waals surface area contributed by atoms with Gasteiger partial charge in [0.1, 0.15) is 11.6 Å². The number of nitrogens with zero attached hydrogens (tertiary/aromatic N) is 2. The van der Waals surface area contributed by atoms with E-state index in [4.69, 9.17) is 0 Å². The van der Waals surface area contributed by atoms with Crippen LogP contribution in [0.5, 0.6) is 0 Å². The minimum absolute atomic E-state index is 0.120. The zero-order valence-electron chi connectivity index (χ0n) is 11.7. The average molecular weight is 282 g/mol. The standard InChI is InChI=1S/C15H20F2N2O/c1-2-18-5-7-19(8-6-18)4-3-15(20)12-9-13(16)11-14(17)10-12/h9-11H,2-8H2,1H3. The van der Waals surface area contributed by atoms with Crippen molar-refractivity contribution in [2.24, 2.45) is 0 Å². The first-order valence-electron chi connectivity index (χ1n) is 7.02. The fraction of sp³-hybridized carbons (Fsp3) is 0.533. The van der Waals surface area contributed by atoms with E-state index in [1.54, 1.807) is 0 Å². The van der Waals surface area contributed by atoms with Crippen molar-refractivity contribution in [3.8, 4) is 0 Å². The van der Waals surface area contributed by atoms with Crippen molar-refractivity contribution in [2.75, 3.05) is 39.3 Å². The first-order chi connectivity index (χ1) is 9.58. The van der Waals surface area contributed by atoms with Gasteiger partial charge in [-0.15, -0.1) is 0 Å². The molecule has 1 aromatic rings. The van der Waals surface area contributed by atoms with E-state index in [0.717, 1.165) is 50.9 Å². The Hall–Kier alpha value is -1.33. The zero-order chi connectivity index (χ0) is 14.5. The molecule has 1 aromatic carbocycles. The van der Waals surface area contributed by atoms with Gasteiger partial charge in [0.25, 0.3) is 0 Å². The SMILES string of the molecule is CCN1CCN(CCC(=O)c2cc(F)cc(F)c2)CC1. The van der Waals surface area contributed by atoms with Gasteiger partial charge in [0.15, 0.2) is 5.78 Å². The van der Waals surface area contributed by atoms with Crippen molar-refractivity contribution >= 4 is 5.78 Å². The Balaban J connectivity index is 1.83. The Kier molecular flexibility index (Phi) is 5.20. The normalized spacial score (nSPS) is 17.4. The molecule has 0 N–H and O–H groups in total. The summed E-state index contributed by atoms with van der Waals surface area (Å²) in [7, 11) is 0. The summed E-state index contributed by atoms with van der Waals surface area (Å²) in [6, 6.07) is 2.97. The van der Waals surface area contributed by atoms with Gasteiger partial charge in [0, 0.05) is 50.8 Å². The molecule has 0 aromatic heterocycles. The third-order valence-electron chi connectivity index (χ3n) is 3.75. The van der Waals surface area contributed by atoms with Crippen LogP contribution in [0.3, 0.4) is 0 Å². The summed E-state index contributed by atoms with van der Waals surface area (Å²) in [6.45, 7) is 7.75. The summed E-state index contributed by atoms with van der Waals surface area (Å²) in [4.78, 5) is 16.5. The number of carbonyl (C=O) groups is 1. The van der Waals surface area contributed by atoms with Gasteiger partial charge < -0.3 is 9.80 Å². The number of benzene rings is 1. The van der Waals surface area contributed by atoms with E-state index < -0.39 is 11.6 Å². The van der Waals surface area contributed by atoms with E-state index in [1.165, 1.54) is 0 Å². The molecule has 0 radical (unpaired) electrons. The van der Waals surface area contributed by atoms with Gasteiger partial charge in [0.05, 0.1) is 0 Å². The number of ketones is 1. The molecule has 0 atom stereocenters. The lowest BCUT2D eigenvalue weighted by Crippen LogP contribution is -2.46. The summed E-state index contributed by atoms with van der Waals surface area (Å²) in [5.74, 6) is -1.61. The van der Waals surface area contributed by atoms with Crippen LogP contribution in [0.25, 0.3) is 0 Å². The molecule has 1 aliphatic heterocycles. The fourth-order valence-corrected chi connectivity index (χ4v) is 2.45. The first kappa shape index (κ1) is 15.1. The highest BCUT2D eigenvalue weighted by atomic mass is 19.1. The van der Waals surface area contributed by atoms with Crippen molar-refractivity contribution in [1.82, 2.24) is 9.80 Å². The molecule has 110 valence electrons. The Bertz CT molecular complexity index is 451. The number of rotatable bonds is 5. The number of halogens is 2. The molecule has 0 spiro atoms. The van der Waals surface area contributed by atoms with E-state index in [-0.39, 0.29) is 11.3 Å². The van der Waals surface area contributed by atoms with Crippen LogP contribution >= 0.6 is 0 Å². The summed E-state index contributed by atoms with van der Waals surface area (Å²) < 4.78 is 26.1. The monoisotopic (exact) mass is 282 g/mol. The Labute approximate surface area is 118 Å². The van der Waals surface area contributed by atoms with Gasteiger partial charge in [0.2, 0.25) is 0 Å². The lowest BCUT2D eigenvalue weighted by molar-refractivity contribution is 0.0931. The van der Waals surface area contributed by atoms with Gasteiger partial charge in [-0.25, -0.2) is 8.78 Å². The van der Waals surface area contributed by atoms with Crippen molar-refractivity contribution in [2.45, 2.75) is 13.3 Å². The minimum Gasteiger partial charge on any atom is -0.301 e. The van der Waals surface area contributed by atoms with Crippen LogP contribution in [0, 0.1) is 11.6 Å². The predicted molar refractivity (Wildman–Crippen MR) is 73.9 cm³/mol. The van der Waals surface area contributed by atoms with E-state index in [0.29, 0.717) is 13.0 Å². The van der Waals surface area contributed by atoms with Gasteiger partial charge in [-0.1, -0.05) is 6.92 Å². The van der Waals surface area contributed by atoms with Crippen LogP contribution in [-0.2, 0) is 0 Å². The van der Waals surface area contributed by atoms with Crippen LogP contribution in [0.1, 0.15) is 23.7 Å². The number of hydrogen-bond acceptors (Lipinski definition) is 3. The minimum atomic E-state index is -0.704. The smallest absolute Gasteiger partial charge is 0.164 e. The van der Waals surface area contributed by atoms with Crippen LogP contribution < -0.4 is 0 Å². The molecule has 0 saturated carbocycles. The van der Waals surface area contributed by atoms with Gasteiger partial charge in [-0.2, -0.15) is 0 Å². The Morgan fingerprint density at radius 3 is 2.15 bits per heavy atom. The molecule has 1 aliphatic rings. The molecule has 0 aliphatic carbocycles. The van der Waals surface area contributed by atoms with Crippen LogP contribution in [0.2, 0.25) is 0 Å². The second kappa shape index (κ2) is 6.90. The summed E-state index contributed by atoms with van der Waals surface area (Å²) in [6.07, 6.45) is 0.301. The molecule has 0 bridgehead atoms. The van der Waals surface area contributed by atoms with E-state index in [1.807, 2.05) is 0 Å². The summed E-state index contributed by atoms with van der Waals surface area (Å²) in [5, 5.41) is 0. The molecule has 1 fully saturated rings. The Morgan fingerprint density at radius 1 is 1.05 bits per heavy atom. The molecular formula is C15H20F2N2O. The summed E-state index contributed by atoms with van der Waals surface area (Å²) in [5.41, 5.74) is 0.120. The van der Waals surface area contributed by atoms with E-state index in [2.05, 4.69) is 16.7 Å². The number of Topliss-reactive ketones (excluding diaryl/α,β-unsaturated/α-hetero) is 1. The topological polar surface area (TPSA) is 23.6 Å². The maximum absolute atomic E-state index is 13.1. The maximum Gasteiger partial charge on any atom is 0.164 e. The fourth-order valence-electron chi connectivity index (χ4n) is 2.45. The highest BCUT2D eigenvalue weighted by Gasteiger charge is 2.17. The highest BCUT2D eigenvalue weighted by molar-refractivity contribution is 5.96. The molecule has 5 heteroatoms. The van der Waals surface area contributed by atoms with Gasteiger partial charge in [-0.3, -0.25) is 4.79 Å². The maximum atomic E-state index is 13.1. The molecule has 1 heterocycles. The quantitative estimate of drug-likeness (QED) is 0.773. The Morgan fingerprint density at radius 2 is 1.60 bits per heavy atom. The molecular weight excluding hydrogens is 262 g/mol. The summed E-state index contributed by atoms with van der Waals surface area (Å²) >= 11 is 0. The molecule has 1 saturated heterocycles. The van der Waals surface area contributed by atoms with E-state index in [9.17, 15) is 13.6 Å². The largest absolute Gasteiger partial charge is 0.301 e. The first-order valence-corrected chi connectivity index (χ1v) is 7.02. The number of piperazine rings is 1. The number of likely N-dealkylation sites (N-methyl/N-ethyl adjacent to an activating group) is 1. The lowest BCUT2D eigenvalue weighted by Gasteiger charge is -2.33. The third kappa shape index (κ3) is 4.08. The highest BCUT2D eigenvalue weighted by Crippen LogP contribution is 2.11. The second-order valence-electron chi connectivity index (χ2n) is 5.11. The van der Waals surface area contributed by atoms with E-state index >= 15 is 0 Å². The van der Waals surface area contributed by atoms with Gasteiger partial charge in [-0.05, 0) is 18.7 Å². The molecule has 2 rings (SSSR count). The van der Waals surface area contributed by atoms with Crippen LogP contribution in [0.4, 0.5) is 8.78 Å². The third-order valence-corrected chi connectivity index (χ3v) is 3.75. The molecule has 0 unspecified atom stereocenters. The van der Waals surface area contributed by atoms with Crippen molar-refractivity contribution in [3.05, 3.63) is 35.4 Å². The van der Waals surface area contributed by atoms with Gasteiger partial charge >= 0.3 is 0 Å². The molecule has 3 nitrogen and oxygen atoms in total. The predicted octanol–water partition coefficient (Wildman–Crippen LogP) is 2.18.